The average molecular weight is 349 g/mol. The number of imidazole rings is 1. The van der Waals surface area contributed by atoms with Crippen molar-refractivity contribution >= 4 is 23.0 Å². The third-order valence-electron chi connectivity index (χ3n) is 4.80. The van der Waals surface area contributed by atoms with E-state index in [-0.39, 0.29) is 18.3 Å². The van der Waals surface area contributed by atoms with Gasteiger partial charge in [0.15, 0.2) is 11.5 Å². The zero-order chi connectivity index (χ0) is 17.8. The van der Waals surface area contributed by atoms with Crippen molar-refractivity contribution in [2.45, 2.75) is 6.04 Å². The van der Waals surface area contributed by atoms with Gasteiger partial charge in [0, 0.05) is 0 Å². The van der Waals surface area contributed by atoms with Crippen LogP contribution in [0.25, 0.3) is 11.0 Å². The Morgan fingerprint density at radius 1 is 1.31 bits per heavy atom. The first-order chi connectivity index (χ1) is 12.7. The van der Waals surface area contributed by atoms with E-state index in [1.807, 2.05) is 28.8 Å². The smallest absolute Gasteiger partial charge is 0.338 e. The number of phenolic OH excluding ortho intramolecular Hbond substituents is 1. The molecule has 0 radical (unpaired) electrons. The van der Waals surface area contributed by atoms with Gasteiger partial charge in [0.2, 0.25) is 5.95 Å². The number of phenols is 1. The van der Waals surface area contributed by atoms with Crippen LogP contribution in [0.3, 0.4) is 0 Å². The van der Waals surface area contributed by atoms with E-state index in [0.29, 0.717) is 17.3 Å². The second-order valence-corrected chi connectivity index (χ2v) is 6.22. The van der Waals surface area contributed by atoms with Crippen molar-refractivity contribution in [2.75, 3.05) is 19.0 Å². The molecule has 3 heterocycles. The van der Waals surface area contributed by atoms with Gasteiger partial charge in [-0.2, -0.15) is 0 Å². The molecule has 3 aromatic rings. The number of nitrogens with one attached hydrogen (secondary N) is 1. The summed E-state index contributed by atoms with van der Waals surface area (Å²) in [7, 11) is 1.49. The number of benzene rings is 2. The summed E-state index contributed by atoms with van der Waals surface area (Å²) in [4.78, 5) is 17.1. The number of carbonyl (C=O) groups is 1. The molecule has 7 nitrogen and oxygen atoms in total. The maximum Gasteiger partial charge on any atom is 0.338 e. The first kappa shape index (κ1) is 14.8. The average Bonchev–Trinajstić information content (AvgIpc) is 3.21. The summed E-state index contributed by atoms with van der Waals surface area (Å²) in [6.07, 6.45) is 0. The second-order valence-electron chi connectivity index (χ2n) is 6.22. The van der Waals surface area contributed by atoms with Gasteiger partial charge in [0.05, 0.1) is 35.5 Å². The van der Waals surface area contributed by atoms with E-state index in [0.717, 1.165) is 22.3 Å². The lowest BCUT2D eigenvalue weighted by molar-refractivity contribution is -0.136. The number of para-hydroxylation sites is 2. The highest BCUT2D eigenvalue weighted by molar-refractivity contribution is 5.96. The minimum Gasteiger partial charge on any atom is -0.504 e. The van der Waals surface area contributed by atoms with Crippen molar-refractivity contribution in [3.63, 3.8) is 0 Å². The van der Waals surface area contributed by atoms with Crippen LogP contribution in [0, 0.1) is 0 Å². The van der Waals surface area contributed by atoms with Gasteiger partial charge < -0.3 is 19.9 Å². The number of nitrogens with zero attached hydrogens (tertiary/aromatic N) is 2. The Balaban J connectivity index is 1.80. The third-order valence-corrected chi connectivity index (χ3v) is 4.80. The first-order valence-electron chi connectivity index (χ1n) is 8.18. The lowest BCUT2D eigenvalue weighted by atomic mass is 9.95. The highest BCUT2D eigenvalue weighted by Crippen LogP contribution is 2.43. The molecular formula is C19H15N3O4. The van der Waals surface area contributed by atoms with Crippen LogP contribution in [0.2, 0.25) is 0 Å². The number of cyclic esters (lactones) is 1. The van der Waals surface area contributed by atoms with Gasteiger partial charge in [0.1, 0.15) is 6.61 Å². The molecule has 0 bridgehead atoms. The molecule has 7 heteroatoms. The summed E-state index contributed by atoms with van der Waals surface area (Å²) >= 11 is 0. The van der Waals surface area contributed by atoms with Crippen LogP contribution in [-0.2, 0) is 9.53 Å². The van der Waals surface area contributed by atoms with Crippen LogP contribution in [0.15, 0.2) is 53.7 Å². The molecule has 0 saturated heterocycles. The van der Waals surface area contributed by atoms with Gasteiger partial charge in [-0.15, -0.1) is 0 Å². The maximum atomic E-state index is 12.4. The van der Waals surface area contributed by atoms with Crippen molar-refractivity contribution in [1.82, 2.24) is 9.55 Å². The van der Waals surface area contributed by atoms with Crippen molar-refractivity contribution in [3.8, 4) is 11.5 Å². The number of aromatic nitrogens is 2. The summed E-state index contributed by atoms with van der Waals surface area (Å²) in [6, 6.07) is 12.4. The summed E-state index contributed by atoms with van der Waals surface area (Å²) in [5, 5.41) is 13.2. The Morgan fingerprint density at radius 3 is 3.00 bits per heavy atom. The lowest BCUT2D eigenvalue weighted by Crippen LogP contribution is -2.25. The van der Waals surface area contributed by atoms with E-state index in [9.17, 15) is 9.90 Å². The molecule has 1 aromatic heterocycles. The largest absolute Gasteiger partial charge is 0.504 e. The predicted molar refractivity (Wildman–Crippen MR) is 94.1 cm³/mol. The number of fused-ring (bicyclic) bond motifs is 3. The highest BCUT2D eigenvalue weighted by Gasteiger charge is 2.39. The molecule has 5 rings (SSSR count). The van der Waals surface area contributed by atoms with Gasteiger partial charge in [-0.3, -0.25) is 4.57 Å². The Hall–Kier alpha value is -3.48. The van der Waals surface area contributed by atoms with E-state index >= 15 is 0 Å². The standard InChI is InChI=1S/C19H15N3O4/c1-25-15-8-10(6-7-14(15)23)17-16-12(9-26-18(16)24)21-19-20-11-4-2-3-5-13(11)22(17)19/h2-8,17,23H,9H2,1H3,(H,20,21). The number of carbonyl (C=O) groups excluding carboxylic acids is 1. The van der Waals surface area contributed by atoms with Crippen LogP contribution in [0.4, 0.5) is 5.95 Å². The maximum absolute atomic E-state index is 12.4. The minimum absolute atomic E-state index is 0.0455. The van der Waals surface area contributed by atoms with Gasteiger partial charge in [-0.25, -0.2) is 9.78 Å². The van der Waals surface area contributed by atoms with Gasteiger partial charge >= 0.3 is 5.97 Å². The molecule has 26 heavy (non-hydrogen) atoms. The molecule has 2 aromatic carbocycles. The quantitative estimate of drug-likeness (QED) is 0.692. The van der Waals surface area contributed by atoms with Crippen LogP contribution in [-0.4, -0.2) is 34.3 Å². The fraction of sp³-hybridized carbons (Fsp3) is 0.158. The molecule has 0 saturated carbocycles. The zero-order valence-corrected chi connectivity index (χ0v) is 13.9. The number of hydrogen-bond donors (Lipinski definition) is 2. The lowest BCUT2D eigenvalue weighted by Gasteiger charge is -2.27. The number of hydrogen-bond acceptors (Lipinski definition) is 6. The molecule has 2 aliphatic heterocycles. The number of anilines is 1. The van der Waals surface area contributed by atoms with E-state index in [1.165, 1.54) is 7.11 Å². The number of esters is 1. The molecule has 2 aliphatic rings. The molecular weight excluding hydrogens is 334 g/mol. The predicted octanol–water partition coefficient (Wildman–Crippen LogP) is 2.58. The number of ether oxygens (including phenoxy) is 2. The van der Waals surface area contributed by atoms with E-state index in [2.05, 4.69) is 10.3 Å². The van der Waals surface area contributed by atoms with Crippen molar-refractivity contribution < 1.29 is 19.4 Å². The van der Waals surface area contributed by atoms with Crippen LogP contribution in [0.5, 0.6) is 11.5 Å². The zero-order valence-electron chi connectivity index (χ0n) is 13.9. The Bertz CT molecular complexity index is 1100. The molecule has 0 amide bonds. The molecule has 1 atom stereocenters. The number of methoxy groups -OCH3 is 1. The third kappa shape index (κ3) is 1.94. The number of aromatic hydroxyl groups is 1. The second kappa shape index (κ2) is 5.26. The van der Waals surface area contributed by atoms with Gasteiger partial charge in [-0.05, 0) is 29.8 Å². The SMILES string of the molecule is COc1cc(C2C3=C(COC3=O)Nc3nc4ccccc4n32)ccc1O. The van der Waals surface area contributed by atoms with E-state index < -0.39 is 6.04 Å². The van der Waals surface area contributed by atoms with Crippen LogP contribution < -0.4 is 10.1 Å². The Morgan fingerprint density at radius 2 is 2.15 bits per heavy atom. The molecule has 1 unspecified atom stereocenters. The normalized spacial score (nSPS) is 18.3. The van der Waals surface area contributed by atoms with Crippen LogP contribution in [0.1, 0.15) is 11.6 Å². The van der Waals surface area contributed by atoms with Crippen molar-refractivity contribution in [3.05, 3.63) is 59.3 Å². The van der Waals surface area contributed by atoms with Crippen molar-refractivity contribution in [1.29, 1.82) is 0 Å². The first-order valence-corrected chi connectivity index (χ1v) is 8.18. The molecule has 2 N–H and O–H groups in total. The monoisotopic (exact) mass is 349 g/mol. The Kier molecular flexibility index (Phi) is 3.00. The summed E-state index contributed by atoms with van der Waals surface area (Å²) in [6.45, 7) is 0.198. The molecule has 130 valence electrons. The minimum atomic E-state index is -0.418. The van der Waals surface area contributed by atoms with Gasteiger partial charge in [-0.1, -0.05) is 18.2 Å². The fourth-order valence-electron chi connectivity index (χ4n) is 3.63. The highest BCUT2D eigenvalue weighted by atomic mass is 16.5. The van der Waals surface area contributed by atoms with Gasteiger partial charge in [0.25, 0.3) is 0 Å². The number of rotatable bonds is 2. The Labute approximate surface area is 148 Å². The summed E-state index contributed by atoms with van der Waals surface area (Å²) < 4.78 is 12.5. The molecule has 0 aliphatic carbocycles. The van der Waals surface area contributed by atoms with E-state index in [1.54, 1.807) is 18.2 Å². The molecule has 0 spiro atoms. The topological polar surface area (TPSA) is 85.6 Å². The molecule has 0 fully saturated rings. The van der Waals surface area contributed by atoms with E-state index in [4.69, 9.17) is 9.47 Å². The summed E-state index contributed by atoms with van der Waals surface area (Å²) in [5.74, 6) is 0.692. The fourth-order valence-corrected chi connectivity index (χ4v) is 3.63. The van der Waals surface area contributed by atoms with Crippen molar-refractivity contribution in [2.24, 2.45) is 0 Å². The summed E-state index contributed by atoms with van der Waals surface area (Å²) in [5.41, 5.74) is 3.80. The van der Waals surface area contributed by atoms with Crippen LogP contribution >= 0.6 is 0 Å².